The summed E-state index contributed by atoms with van der Waals surface area (Å²) in [4.78, 5) is 2.07. The molecular weight excluding hydrogens is 184 g/mol. The van der Waals surface area contributed by atoms with Crippen molar-refractivity contribution in [3.8, 4) is 0 Å². The number of ether oxygens (including phenoxy) is 2. The van der Waals surface area contributed by atoms with Crippen molar-refractivity contribution in [1.29, 1.82) is 0 Å². The van der Waals surface area contributed by atoms with Gasteiger partial charge in [0, 0.05) is 6.54 Å². The van der Waals surface area contributed by atoms with Gasteiger partial charge in [-0.1, -0.05) is 5.22 Å². The molecule has 0 spiro atoms. The summed E-state index contributed by atoms with van der Waals surface area (Å²) in [5, 5.41) is 6.67. The monoisotopic (exact) mass is 204 g/mol. The number of nitrogens with two attached hydrogens (primary N) is 1. The maximum atomic E-state index is 5.31. The van der Waals surface area contributed by atoms with E-state index in [2.05, 4.69) is 15.2 Å². The molecule has 0 amide bonds. The molecule has 0 heterocycles. The van der Waals surface area contributed by atoms with Crippen LogP contribution in [0.3, 0.4) is 0 Å². The second-order valence-electron chi connectivity index (χ2n) is 3.01. The van der Waals surface area contributed by atoms with Gasteiger partial charge in [-0.15, -0.1) is 0 Å². The molecule has 0 aromatic heterocycles. The van der Waals surface area contributed by atoms with E-state index < -0.39 is 0 Å². The fourth-order valence-corrected chi connectivity index (χ4v) is 0.732. The molecule has 0 atom stereocenters. The van der Waals surface area contributed by atoms with Gasteiger partial charge in [-0.05, 0) is 14.1 Å². The van der Waals surface area contributed by atoms with Crippen LogP contribution in [-0.4, -0.2) is 58.5 Å². The average molecular weight is 204 g/mol. The first-order valence-corrected chi connectivity index (χ1v) is 4.64. The van der Waals surface area contributed by atoms with Crippen molar-refractivity contribution in [2.75, 3.05) is 53.6 Å². The van der Waals surface area contributed by atoms with Crippen molar-refractivity contribution in [1.82, 2.24) is 4.90 Å². The van der Waals surface area contributed by atoms with Crippen LogP contribution in [0.2, 0.25) is 0 Å². The van der Waals surface area contributed by atoms with Crippen molar-refractivity contribution in [2.24, 2.45) is 16.2 Å². The zero-order chi connectivity index (χ0) is 10.6. The highest BCUT2D eigenvalue weighted by atomic mass is 16.5. The van der Waals surface area contributed by atoms with E-state index >= 15 is 0 Å². The van der Waals surface area contributed by atoms with Crippen molar-refractivity contribution in [2.45, 2.75) is 0 Å². The van der Waals surface area contributed by atoms with E-state index in [1.165, 1.54) is 0 Å². The molecule has 0 aromatic carbocycles. The second-order valence-corrected chi connectivity index (χ2v) is 3.01. The fraction of sp³-hybridized carbons (Fsp3) is 1.00. The standard InChI is InChI=1S/C8H20N4O2/c1-12(2)4-6-14-8-7-13-5-3-10-11-9/h3-8H2,1-2H3,(H2,9,10). The van der Waals surface area contributed by atoms with Crippen molar-refractivity contribution >= 4 is 0 Å². The zero-order valence-corrected chi connectivity index (χ0v) is 8.98. The Hall–Kier alpha value is -0.720. The normalized spacial score (nSPS) is 11.6. The van der Waals surface area contributed by atoms with Crippen molar-refractivity contribution in [3.63, 3.8) is 0 Å². The topological polar surface area (TPSA) is 72.4 Å². The second kappa shape index (κ2) is 10.4. The third-order valence-electron chi connectivity index (χ3n) is 1.47. The molecule has 0 aliphatic carbocycles. The lowest BCUT2D eigenvalue weighted by Gasteiger charge is -2.09. The minimum absolute atomic E-state index is 0.508. The summed E-state index contributed by atoms with van der Waals surface area (Å²) in [5.74, 6) is 4.81. The van der Waals surface area contributed by atoms with Gasteiger partial charge in [0.1, 0.15) is 0 Å². The summed E-state index contributed by atoms with van der Waals surface area (Å²) in [6, 6.07) is 0. The van der Waals surface area contributed by atoms with E-state index in [9.17, 15) is 0 Å². The zero-order valence-electron chi connectivity index (χ0n) is 8.98. The minimum atomic E-state index is 0.508. The molecule has 0 bridgehead atoms. The van der Waals surface area contributed by atoms with Crippen LogP contribution in [0.25, 0.3) is 0 Å². The van der Waals surface area contributed by atoms with Crippen LogP contribution in [0.5, 0.6) is 0 Å². The highest BCUT2D eigenvalue weighted by molar-refractivity contribution is 4.40. The molecule has 0 rings (SSSR count). The van der Waals surface area contributed by atoms with E-state index in [1.807, 2.05) is 14.1 Å². The molecule has 6 nitrogen and oxygen atoms in total. The Morgan fingerprint density at radius 1 is 1.07 bits per heavy atom. The largest absolute Gasteiger partial charge is 0.378 e. The van der Waals surface area contributed by atoms with E-state index in [1.54, 1.807) is 0 Å². The molecule has 14 heavy (non-hydrogen) atoms. The summed E-state index contributed by atoms with van der Waals surface area (Å²) in [5.41, 5.74) is 0. The Balaban J connectivity index is 2.92. The van der Waals surface area contributed by atoms with Crippen LogP contribution < -0.4 is 5.84 Å². The lowest BCUT2D eigenvalue weighted by Crippen LogP contribution is -2.19. The van der Waals surface area contributed by atoms with Crippen molar-refractivity contribution < 1.29 is 9.47 Å². The van der Waals surface area contributed by atoms with Crippen LogP contribution in [-0.2, 0) is 9.47 Å². The predicted molar refractivity (Wildman–Crippen MR) is 54.1 cm³/mol. The maximum absolute atomic E-state index is 5.31. The Kier molecular flexibility index (Phi) is 9.83. The van der Waals surface area contributed by atoms with Gasteiger partial charge >= 0.3 is 0 Å². The molecule has 0 aromatic rings. The molecule has 0 aliphatic heterocycles. The number of likely N-dealkylation sites (N-methyl/N-ethyl adjacent to an activating group) is 1. The predicted octanol–water partition coefficient (Wildman–Crippen LogP) is -0.0929. The molecule has 2 N–H and O–H groups in total. The summed E-state index contributed by atoms with van der Waals surface area (Å²) in [7, 11) is 4.02. The van der Waals surface area contributed by atoms with Crippen LogP contribution in [0.15, 0.2) is 10.3 Å². The first kappa shape index (κ1) is 13.3. The SMILES string of the molecule is CN(C)CCOCCOCCN=NN. The molecular formula is C8H20N4O2. The van der Waals surface area contributed by atoms with E-state index in [0.29, 0.717) is 26.4 Å². The molecule has 0 saturated carbocycles. The van der Waals surface area contributed by atoms with Gasteiger partial charge in [0.15, 0.2) is 0 Å². The first-order valence-electron chi connectivity index (χ1n) is 4.64. The highest BCUT2D eigenvalue weighted by Crippen LogP contribution is 1.81. The summed E-state index contributed by atoms with van der Waals surface area (Å²) in [6.07, 6.45) is 0. The van der Waals surface area contributed by atoms with Gasteiger partial charge in [0.25, 0.3) is 0 Å². The van der Waals surface area contributed by atoms with Gasteiger partial charge in [0.05, 0.1) is 33.0 Å². The molecule has 84 valence electrons. The van der Waals surface area contributed by atoms with E-state index in [0.717, 1.165) is 13.2 Å². The third-order valence-corrected chi connectivity index (χ3v) is 1.47. The fourth-order valence-electron chi connectivity index (χ4n) is 0.732. The first-order chi connectivity index (χ1) is 6.77. The van der Waals surface area contributed by atoms with Gasteiger partial charge in [0.2, 0.25) is 0 Å². The Labute approximate surface area is 85.0 Å². The minimum Gasteiger partial charge on any atom is -0.378 e. The summed E-state index contributed by atoms with van der Waals surface area (Å²) >= 11 is 0. The van der Waals surface area contributed by atoms with Crippen LogP contribution in [0.4, 0.5) is 0 Å². The van der Waals surface area contributed by atoms with Crippen LogP contribution in [0.1, 0.15) is 0 Å². The average Bonchev–Trinajstić information content (AvgIpc) is 2.15. The molecule has 0 radical (unpaired) electrons. The van der Waals surface area contributed by atoms with E-state index in [-0.39, 0.29) is 0 Å². The Morgan fingerprint density at radius 3 is 2.29 bits per heavy atom. The van der Waals surface area contributed by atoms with Gasteiger partial charge in [-0.3, -0.25) is 0 Å². The van der Waals surface area contributed by atoms with Crippen molar-refractivity contribution in [3.05, 3.63) is 0 Å². The Bertz CT molecular complexity index is 141. The van der Waals surface area contributed by atoms with Gasteiger partial charge < -0.3 is 20.2 Å². The number of rotatable bonds is 9. The molecule has 0 aliphatic rings. The smallest absolute Gasteiger partial charge is 0.0854 e. The quantitative estimate of drug-likeness (QED) is 0.246. The van der Waals surface area contributed by atoms with Gasteiger partial charge in [-0.2, -0.15) is 5.11 Å². The summed E-state index contributed by atoms with van der Waals surface area (Å²) < 4.78 is 10.5. The van der Waals surface area contributed by atoms with E-state index in [4.69, 9.17) is 15.3 Å². The molecule has 6 heteroatoms. The highest BCUT2D eigenvalue weighted by Gasteiger charge is 1.91. The number of hydrogen-bond donors (Lipinski definition) is 1. The molecule has 0 unspecified atom stereocenters. The van der Waals surface area contributed by atoms with Gasteiger partial charge in [-0.25, -0.2) is 0 Å². The molecule has 0 saturated heterocycles. The lowest BCUT2D eigenvalue weighted by molar-refractivity contribution is 0.0452. The number of nitrogens with zero attached hydrogens (tertiary/aromatic N) is 3. The number of hydrogen-bond acceptors (Lipinski definition) is 5. The lowest BCUT2D eigenvalue weighted by atomic mass is 10.6. The maximum Gasteiger partial charge on any atom is 0.0854 e. The summed E-state index contributed by atoms with van der Waals surface area (Å²) in [6.45, 7) is 3.92. The third kappa shape index (κ3) is 11.3. The Morgan fingerprint density at radius 2 is 1.71 bits per heavy atom. The van der Waals surface area contributed by atoms with Crippen LogP contribution in [0, 0.1) is 0 Å². The molecule has 0 fully saturated rings. The van der Waals surface area contributed by atoms with Crippen LogP contribution >= 0.6 is 0 Å².